The summed E-state index contributed by atoms with van der Waals surface area (Å²) in [7, 11) is 0. The van der Waals surface area contributed by atoms with Gasteiger partial charge in [0.1, 0.15) is 41.0 Å². The Balaban J connectivity index is 1.24. The molecule has 8 nitrogen and oxygen atoms in total. The van der Waals surface area contributed by atoms with Gasteiger partial charge in [0.15, 0.2) is 12.7 Å². The minimum atomic E-state index is -0.844. The highest BCUT2D eigenvalue weighted by molar-refractivity contribution is 8.00. The lowest BCUT2D eigenvalue weighted by molar-refractivity contribution is -0.155. The quantitative estimate of drug-likeness (QED) is 0.180. The number of benzene rings is 4. The van der Waals surface area contributed by atoms with E-state index in [1.807, 2.05) is 66.7 Å². The third kappa shape index (κ3) is 6.86. The third-order valence-electron chi connectivity index (χ3n) is 7.33. The normalized spacial score (nSPS) is 17.3. The van der Waals surface area contributed by atoms with Crippen LogP contribution in [0, 0.1) is 5.82 Å². The molecule has 1 fully saturated rings. The zero-order valence-corrected chi connectivity index (χ0v) is 24.8. The van der Waals surface area contributed by atoms with Gasteiger partial charge in [0, 0.05) is 11.3 Å². The van der Waals surface area contributed by atoms with Crippen molar-refractivity contribution in [1.82, 2.24) is 10.2 Å². The van der Waals surface area contributed by atoms with Crippen LogP contribution in [0.2, 0.25) is 0 Å². The average molecular weight is 625 g/mol. The minimum Gasteiger partial charge on any atom is -0.489 e. The van der Waals surface area contributed by atoms with Crippen molar-refractivity contribution in [3.8, 4) is 11.5 Å². The summed E-state index contributed by atoms with van der Waals surface area (Å²) in [6.45, 7) is -0.286. The molecule has 2 heterocycles. The van der Waals surface area contributed by atoms with Gasteiger partial charge in [-0.25, -0.2) is 9.18 Å². The largest absolute Gasteiger partial charge is 0.489 e. The van der Waals surface area contributed by atoms with Gasteiger partial charge in [0.05, 0.1) is 0 Å². The second kappa shape index (κ2) is 13.7. The Hall–Kier alpha value is -5.09. The first-order chi connectivity index (χ1) is 22.0. The smallest absolute Gasteiger partial charge is 0.356 e. The number of hydrogen-bond donors (Lipinski definition) is 1. The summed E-state index contributed by atoms with van der Waals surface area (Å²) in [5.41, 5.74) is 2.15. The fourth-order valence-electron chi connectivity index (χ4n) is 5.11. The van der Waals surface area contributed by atoms with E-state index < -0.39 is 41.1 Å². The SMILES string of the molecule is O=C(COc1ccccc1)NC1C(=O)N2C(C(=O)OC(c3ccccc3)c3ccccc3)=C(COc3ccc(F)cc3)CS[C@H]12. The van der Waals surface area contributed by atoms with E-state index in [1.165, 1.54) is 40.9 Å². The van der Waals surface area contributed by atoms with E-state index >= 15 is 0 Å². The van der Waals surface area contributed by atoms with Gasteiger partial charge in [-0.15, -0.1) is 11.8 Å². The lowest BCUT2D eigenvalue weighted by Gasteiger charge is -2.49. The highest BCUT2D eigenvalue weighted by Gasteiger charge is 2.54. The molecule has 0 radical (unpaired) electrons. The van der Waals surface area contributed by atoms with Crippen molar-refractivity contribution in [3.63, 3.8) is 0 Å². The molecule has 45 heavy (non-hydrogen) atoms. The predicted molar refractivity (Wildman–Crippen MR) is 167 cm³/mol. The van der Waals surface area contributed by atoms with Gasteiger partial charge in [-0.3, -0.25) is 14.5 Å². The molecule has 10 heteroatoms. The highest BCUT2D eigenvalue weighted by Crippen LogP contribution is 2.41. The topological polar surface area (TPSA) is 94.2 Å². The molecule has 0 bridgehead atoms. The molecule has 1 unspecified atom stereocenters. The number of carbonyl (C=O) groups is 3. The second-order valence-electron chi connectivity index (χ2n) is 10.4. The summed E-state index contributed by atoms with van der Waals surface area (Å²) in [4.78, 5) is 41.7. The Morgan fingerprint density at radius 1 is 0.822 bits per heavy atom. The van der Waals surface area contributed by atoms with Crippen LogP contribution < -0.4 is 14.8 Å². The fraction of sp³-hybridized carbons (Fsp3) is 0.171. The number of fused-ring (bicyclic) bond motifs is 1. The van der Waals surface area contributed by atoms with Crippen LogP contribution in [-0.4, -0.2) is 53.1 Å². The number of ether oxygens (including phenoxy) is 3. The number of hydrogen-bond acceptors (Lipinski definition) is 7. The van der Waals surface area contributed by atoms with Crippen molar-refractivity contribution in [2.24, 2.45) is 0 Å². The average Bonchev–Trinajstić information content (AvgIpc) is 3.09. The standard InChI is InChI=1S/C35H29FN2O6S/c36-26-16-18-28(19-17-26)42-20-25-22-45-34-30(37-29(39)21-43-27-14-8-3-9-15-27)33(40)38(34)31(25)35(41)44-32(23-10-4-1-5-11-23)24-12-6-2-7-13-24/h1-19,30,32,34H,20-22H2,(H,37,39)/t30?,34-/m1/s1. The molecule has 0 aliphatic carbocycles. The first-order valence-electron chi connectivity index (χ1n) is 14.3. The molecule has 2 amide bonds. The zero-order valence-electron chi connectivity index (χ0n) is 24.0. The van der Waals surface area contributed by atoms with Crippen molar-refractivity contribution >= 4 is 29.5 Å². The lowest BCUT2D eigenvalue weighted by atomic mass is 10.0. The van der Waals surface area contributed by atoms with Gasteiger partial charge in [-0.2, -0.15) is 0 Å². The molecule has 1 saturated heterocycles. The zero-order chi connectivity index (χ0) is 31.2. The van der Waals surface area contributed by atoms with E-state index in [1.54, 1.807) is 24.3 Å². The summed E-state index contributed by atoms with van der Waals surface area (Å²) in [6.07, 6.45) is -0.735. The number of halogens is 1. The molecular formula is C35H29FN2O6S. The predicted octanol–water partition coefficient (Wildman–Crippen LogP) is 5.27. The molecule has 4 aromatic carbocycles. The molecule has 228 valence electrons. The third-order valence-corrected chi connectivity index (χ3v) is 8.67. The van der Waals surface area contributed by atoms with Crippen LogP contribution in [0.5, 0.6) is 11.5 Å². The molecular weight excluding hydrogens is 595 g/mol. The molecule has 2 aliphatic rings. The maximum Gasteiger partial charge on any atom is 0.356 e. The van der Waals surface area contributed by atoms with Crippen LogP contribution >= 0.6 is 11.8 Å². The Labute approximate surface area is 263 Å². The van der Waals surface area contributed by atoms with Gasteiger partial charge in [0.25, 0.3) is 11.8 Å². The van der Waals surface area contributed by atoms with E-state index in [0.29, 0.717) is 22.8 Å². The lowest BCUT2D eigenvalue weighted by Crippen LogP contribution is -2.71. The van der Waals surface area contributed by atoms with E-state index in [2.05, 4.69) is 5.32 Å². The molecule has 0 aromatic heterocycles. The number of esters is 1. The Bertz CT molecular complexity index is 1650. The number of nitrogens with one attached hydrogen (secondary N) is 1. The molecule has 2 atom stereocenters. The summed E-state index contributed by atoms with van der Waals surface area (Å²) in [5, 5.41) is 2.22. The molecule has 1 N–H and O–H groups in total. The number of rotatable bonds is 11. The van der Waals surface area contributed by atoms with Gasteiger partial charge in [-0.1, -0.05) is 78.9 Å². The summed E-state index contributed by atoms with van der Waals surface area (Å²) in [5.74, 6) is -0.704. The number of β-lactam (4-membered cyclic amide) rings is 1. The van der Waals surface area contributed by atoms with E-state index in [9.17, 15) is 18.8 Å². The van der Waals surface area contributed by atoms with Crippen molar-refractivity contribution in [3.05, 3.63) is 143 Å². The van der Waals surface area contributed by atoms with Gasteiger partial charge in [0.2, 0.25) is 0 Å². The Kier molecular flexibility index (Phi) is 9.11. The Morgan fingerprint density at radius 3 is 2.02 bits per heavy atom. The summed E-state index contributed by atoms with van der Waals surface area (Å²) in [6, 6.07) is 32.3. The Morgan fingerprint density at radius 2 is 1.40 bits per heavy atom. The van der Waals surface area contributed by atoms with Crippen LogP contribution in [0.4, 0.5) is 4.39 Å². The van der Waals surface area contributed by atoms with E-state index in [0.717, 1.165) is 11.1 Å². The van der Waals surface area contributed by atoms with Crippen molar-refractivity contribution in [2.75, 3.05) is 19.0 Å². The van der Waals surface area contributed by atoms with Crippen molar-refractivity contribution in [2.45, 2.75) is 17.5 Å². The van der Waals surface area contributed by atoms with E-state index in [4.69, 9.17) is 14.2 Å². The molecule has 0 spiro atoms. The van der Waals surface area contributed by atoms with Gasteiger partial charge >= 0.3 is 5.97 Å². The second-order valence-corrected chi connectivity index (χ2v) is 11.5. The van der Waals surface area contributed by atoms with Gasteiger partial charge in [-0.05, 0) is 47.5 Å². The number of amides is 2. The highest BCUT2D eigenvalue weighted by atomic mass is 32.2. The number of thioether (sulfide) groups is 1. The molecule has 4 aromatic rings. The maximum atomic E-state index is 14.0. The van der Waals surface area contributed by atoms with Crippen LogP contribution in [0.25, 0.3) is 0 Å². The maximum absolute atomic E-state index is 14.0. The number of carbonyl (C=O) groups excluding carboxylic acids is 3. The van der Waals surface area contributed by atoms with Crippen LogP contribution in [0.15, 0.2) is 127 Å². The molecule has 0 saturated carbocycles. The van der Waals surface area contributed by atoms with E-state index in [-0.39, 0.29) is 18.9 Å². The fourth-order valence-corrected chi connectivity index (χ4v) is 6.44. The molecule has 6 rings (SSSR count). The van der Waals surface area contributed by atoms with Crippen molar-refractivity contribution < 1.29 is 33.0 Å². The minimum absolute atomic E-state index is 0.0250. The van der Waals surface area contributed by atoms with Crippen molar-refractivity contribution in [1.29, 1.82) is 0 Å². The van der Waals surface area contributed by atoms with Crippen LogP contribution in [0.1, 0.15) is 17.2 Å². The van der Waals surface area contributed by atoms with Crippen LogP contribution in [-0.2, 0) is 19.1 Å². The summed E-state index contributed by atoms with van der Waals surface area (Å²) < 4.78 is 31.0. The number of nitrogens with zero attached hydrogens (tertiary/aromatic N) is 1. The monoisotopic (exact) mass is 624 g/mol. The number of para-hydroxylation sites is 1. The summed E-state index contributed by atoms with van der Waals surface area (Å²) >= 11 is 1.40. The van der Waals surface area contributed by atoms with Gasteiger partial charge < -0.3 is 19.5 Å². The first kappa shape index (κ1) is 30.0. The van der Waals surface area contributed by atoms with Crippen LogP contribution in [0.3, 0.4) is 0 Å². The first-order valence-corrected chi connectivity index (χ1v) is 15.4. The molecule has 2 aliphatic heterocycles.